The molecular formula is C14H18Cl2N2O3. The van der Waals surface area contributed by atoms with Gasteiger partial charge in [0.1, 0.15) is 0 Å². The monoisotopic (exact) mass is 332 g/mol. The molecule has 0 fully saturated rings. The number of urea groups is 1. The minimum absolute atomic E-state index is 0.0634. The standard InChI is InChI=1S/C14H18Cl2N2O3/c1-3-5-6-18(4-2)14(21)17-12-10(13(19)20)7-9(15)8-11(12)16/h7-8H,3-6H2,1-2H3,(H,17,21)(H,19,20). The first-order chi connectivity index (χ1) is 9.90. The molecule has 5 nitrogen and oxygen atoms in total. The predicted octanol–water partition coefficient (Wildman–Crippen LogP) is 4.35. The van der Waals surface area contributed by atoms with Crippen LogP contribution >= 0.6 is 23.2 Å². The van der Waals surface area contributed by atoms with Crippen LogP contribution in [-0.2, 0) is 0 Å². The summed E-state index contributed by atoms with van der Waals surface area (Å²) in [4.78, 5) is 25.0. The average Bonchev–Trinajstić information content (AvgIpc) is 2.42. The van der Waals surface area contributed by atoms with E-state index in [9.17, 15) is 14.7 Å². The number of halogens is 2. The quantitative estimate of drug-likeness (QED) is 0.813. The van der Waals surface area contributed by atoms with Gasteiger partial charge in [-0.3, -0.25) is 0 Å². The summed E-state index contributed by atoms with van der Waals surface area (Å²) in [5.74, 6) is -1.20. The maximum Gasteiger partial charge on any atom is 0.337 e. The molecule has 0 atom stereocenters. The summed E-state index contributed by atoms with van der Waals surface area (Å²) in [6.45, 7) is 5.02. The lowest BCUT2D eigenvalue weighted by Crippen LogP contribution is -2.36. The van der Waals surface area contributed by atoms with Crippen LogP contribution in [0.25, 0.3) is 0 Å². The summed E-state index contributed by atoms with van der Waals surface area (Å²) >= 11 is 11.8. The Bertz CT molecular complexity index is 535. The van der Waals surface area contributed by atoms with Crippen molar-refractivity contribution < 1.29 is 14.7 Å². The number of carbonyl (C=O) groups is 2. The molecular weight excluding hydrogens is 315 g/mol. The van der Waals surface area contributed by atoms with Crippen molar-refractivity contribution in [3.05, 3.63) is 27.7 Å². The number of unbranched alkanes of at least 4 members (excludes halogenated alkanes) is 1. The fraction of sp³-hybridized carbons (Fsp3) is 0.429. The third-order valence-corrected chi connectivity index (χ3v) is 3.48. The molecule has 0 aromatic heterocycles. The lowest BCUT2D eigenvalue weighted by Gasteiger charge is -2.22. The Morgan fingerprint density at radius 2 is 1.95 bits per heavy atom. The van der Waals surface area contributed by atoms with E-state index in [1.807, 2.05) is 13.8 Å². The Balaban J connectivity index is 3.01. The van der Waals surface area contributed by atoms with Gasteiger partial charge in [0.05, 0.1) is 16.3 Å². The van der Waals surface area contributed by atoms with Crippen LogP contribution in [0, 0.1) is 0 Å². The third-order valence-electron chi connectivity index (χ3n) is 2.97. The molecule has 2 amide bonds. The number of carbonyl (C=O) groups excluding carboxylic acids is 1. The van der Waals surface area contributed by atoms with Gasteiger partial charge in [0, 0.05) is 18.1 Å². The number of carboxylic acids is 1. The zero-order valence-corrected chi connectivity index (χ0v) is 13.5. The molecule has 0 bridgehead atoms. The minimum Gasteiger partial charge on any atom is -0.478 e. The highest BCUT2D eigenvalue weighted by molar-refractivity contribution is 6.37. The number of amides is 2. The Morgan fingerprint density at radius 3 is 2.48 bits per heavy atom. The van der Waals surface area contributed by atoms with E-state index in [1.165, 1.54) is 12.1 Å². The van der Waals surface area contributed by atoms with E-state index in [2.05, 4.69) is 5.32 Å². The van der Waals surface area contributed by atoms with Gasteiger partial charge in [-0.1, -0.05) is 36.5 Å². The Labute approximate surface area is 133 Å². The molecule has 1 aromatic carbocycles. The molecule has 116 valence electrons. The van der Waals surface area contributed by atoms with Crippen molar-refractivity contribution >= 4 is 40.9 Å². The Morgan fingerprint density at radius 1 is 1.29 bits per heavy atom. The molecule has 0 aliphatic heterocycles. The molecule has 0 heterocycles. The van der Waals surface area contributed by atoms with Gasteiger partial charge in [0.25, 0.3) is 0 Å². The number of hydrogen-bond acceptors (Lipinski definition) is 2. The van der Waals surface area contributed by atoms with E-state index < -0.39 is 5.97 Å². The molecule has 0 spiro atoms. The van der Waals surface area contributed by atoms with Crippen LogP contribution in [0.1, 0.15) is 37.0 Å². The highest BCUT2D eigenvalue weighted by atomic mass is 35.5. The molecule has 0 saturated heterocycles. The number of rotatable bonds is 6. The summed E-state index contributed by atoms with van der Waals surface area (Å²) in [6.07, 6.45) is 1.84. The van der Waals surface area contributed by atoms with Gasteiger partial charge in [-0.2, -0.15) is 0 Å². The molecule has 0 aliphatic carbocycles. The van der Waals surface area contributed by atoms with Crippen LogP contribution in [-0.4, -0.2) is 35.1 Å². The summed E-state index contributed by atoms with van der Waals surface area (Å²) in [7, 11) is 0. The number of anilines is 1. The SMILES string of the molecule is CCCCN(CC)C(=O)Nc1c(Cl)cc(Cl)cc1C(=O)O. The van der Waals surface area contributed by atoms with Crippen molar-refractivity contribution in [2.75, 3.05) is 18.4 Å². The number of benzene rings is 1. The first-order valence-corrected chi connectivity index (χ1v) is 7.44. The van der Waals surface area contributed by atoms with Crippen LogP contribution in [0.15, 0.2) is 12.1 Å². The molecule has 1 rings (SSSR count). The molecule has 1 aromatic rings. The van der Waals surface area contributed by atoms with E-state index in [-0.39, 0.29) is 27.3 Å². The summed E-state index contributed by atoms with van der Waals surface area (Å²) < 4.78 is 0. The van der Waals surface area contributed by atoms with Crippen LogP contribution in [0.3, 0.4) is 0 Å². The van der Waals surface area contributed by atoms with E-state index in [0.29, 0.717) is 13.1 Å². The zero-order valence-electron chi connectivity index (χ0n) is 11.9. The van der Waals surface area contributed by atoms with Gasteiger partial charge in [-0.15, -0.1) is 0 Å². The van der Waals surface area contributed by atoms with Gasteiger partial charge >= 0.3 is 12.0 Å². The second-order valence-electron chi connectivity index (χ2n) is 4.48. The first kappa shape index (κ1) is 17.6. The van der Waals surface area contributed by atoms with E-state index >= 15 is 0 Å². The number of aromatic carboxylic acids is 1. The van der Waals surface area contributed by atoms with E-state index in [1.54, 1.807) is 4.90 Å². The van der Waals surface area contributed by atoms with Gasteiger partial charge in [-0.05, 0) is 25.5 Å². The van der Waals surface area contributed by atoms with E-state index in [0.717, 1.165) is 12.8 Å². The van der Waals surface area contributed by atoms with Crippen LogP contribution in [0.2, 0.25) is 10.0 Å². The fourth-order valence-electron chi connectivity index (χ4n) is 1.81. The van der Waals surface area contributed by atoms with E-state index in [4.69, 9.17) is 23.2 Å². The molecule has 0 aliphatic rings. The highest BCUT2D eigenvalue weighted by Crippen LogP contribution is 2.30. The Kier molecular flexibility index (Phi) is 6.78. The number of nitrogens with zero attached hydrogens (tertiary/aromatic N) is 1. The lowest BCUT2D eigenvalue weighted by molar-refractivity contribution is 0.0698. The second-order valence-corrected chi connectivity index (χ2v) is 5.32. The Hall–Kier alpha value is -1.46. The van der Waals surface area contributed by atoms with Crippen molar-refractivity contribution in [1.82, 2.24) is 4.90 Å². The van der Waals surface area contributed by atoms with Crippen molar-refractivity contribution in [2.45, 2.75) is 26.7 Å². The predicted molar refractivity (Wildman–Crippen MR) is 84.6 cm³/mol. The van der Waals surface area contributed by atoms with Gasteiger partial charge in [0.2, 0.25) is 0 Å². The van der Waals surface area contributed by atoms with Gasteiger partial charge in [0.15, 0.2) is 0 Å². The number of carboxylic acid groups (broad SMARTS) is 1. The summed E-state index contributed by atoms with van der Waals surface area (Å²) in [5, 5.41) is 12.0. The smallest absolute Gasteiger partial charge is 0.337 e. The minimum atomic E-state index is -1.20. The maximum atomic E-state index is 12.2. The summed E-state index contributed by atoms with van der Waals surface area (Å²) in [6, 6.07) is 2.28. The summed E-state index contributed by atoms with van der Waals surface area (Å²) in [5.41, 5.74) is -0.0686. The molecule has 7 heteroatoms. The highest BCUT2D eigenvalue weighted by Gasteiger charge is 2.19. The molecule has 0 saturated carbocycles. The maximum absolute atomic E-state index is 12.2. The molecule has 2 N–H and O–H groups in total. The molecule has 0 radical (unpaired) electrons. The fourth-order valence-corrected chi connectivity index (χ4v) is 2.35. The average molecular weight is 333 g/mol. The topological polar surface area (TPSA) is 69.6 Å². The van der Waals surface area contributed by atoms with Crippen molar-refractivity contribution in [3.8, 4) is 0 Å². The number of hydrogen-bond donors (Lipinski definition) is 2. The normalized spacial score (nSPS) is 10.3. The third kappa shape index (κ3) is 4.79. The first-order valence-electron chi connectivity index (χ1n) is 6.68. The van der Waals surface area contributed by atoms with Gasteiger partial charge < -0.3 is 15.3 Å². The largest absolute Gasteiger partial charge is 0.478 e. The van der Waals surface area contributed by atoms with Crippen LogP contribution in [0.5, 0.6) is 0 Å². The second kappa shape index (κ2) is 8.10. The van der Waals surface area contributed by atoms with Crippen LogP contribution < -0.4 is 5.32 Å². The van der Waals surface area contributed by atoms with Crippen molar-refractivity contribution in [2.24, 2.45) is 0 Å². The van der Waals surface area contributed by atoms with Crippen molar-refractivity contribution in [3.63, 3.8) is 0 Å². The van der Waals surface area contributed by atoms with Gasteiger partial charge in [-0.25, -0.2) is 9.59 Å². The number of nitrogens with one attached hydrogen (secondary N) is 1. The molecule has 21 heavy (non-hydrogen) atoms. The van der Waals surface area contributed by atoms with Crippen molar-refractivity contribution in [1.29, 1.82) is 0 Å². The zero-order chi connectivity index (χ0) is 16.0. The molecule has 0 unspecified atom stereocenters. The van der Waals surface area contributed by atoms with Crippen LogP contribution in [0.4, 0.5) is 10.5 Å². The lowest BCUT2D eigenvalue weighted by atomic mass is 10.2.